The average Bonchev–Trinajstić information content (AvgIpc) is 2.72. The lowest BCUT2D eigenvalue weighted by Gasteiger charge is -2.26. The first-order valence-corrected chi connectivity index (χ1v) is 8.55. The number of pyridine rings is 2. The molecule has 3 heterocycles. The second-order valence-corrected chi connectivity index (χ2v) is 6.16. The zero-order chi connectivity index (χ0) is 19.7. The van der Waals surface area contributed by atoms with E-state index in [9.17, 15) is 9.59 Å². The molecule has 1 aliphatic rings. The van der Waals surface area contributed by atoms with Crippen LogP contribution in [0.4, 0.5) is 0 Å². The van der Waals surface area contributed by atoms with Gasteiger partial charge in [-0.2, -0.15) is 0 Å². The van der Waals surface area contributed by atoms with E-state index in [1.54, 1.807) is 42.7 Å². The summed E-state index contributed by atoms with van der Waals surface area (Å²) >= 11 is 0. The molecule has 0 radical (unpaired) electrons. The van der Waals surface area contributed by atoms with E-state index in [4.69, 9.17) is 14.2 Å². The Kier molecular flexibility index (Phi) is 4.49. The Labute approximate surface area is 160 Å². The Hall–Kier alpha value is -3.74. The highest BCUT2D eigenvalue weighted by Crippen LogP contribution is 2.44. The Bertz CT molecular complexity index is 1060. The van der Waals surface area contributed by atoms with Gasteiger partial charge in [0.2, 0.25) is 5.88 Å². The minimum absolute atomic E-state index is 0.348. The monoisotopic (exact) mass is 376 g/mol. The van der Waals surface area contributed by atoms with Gasteiger partial charge >= 0.3 is 11.9 Å². The summed E-state index contributed by atoms with van der Waals surface area (Å²) in [4.78, 5) is 31.8. The van der Waals surface area contributed by atoms with Gasteiger partial charge in [-0.1, -0.05) is 12.1 Å². The number of fused-ring (bicyclic) bond motifs is 2. The molecule has 0 saturated heterocycles. The van der Waals surface area contributed by atoms with Crippen molar-refractivity contribution in [3.05, 3.63) is 71.5 Å². The molecule has 28 heavy (non-hydrogen) atoms. The summed E-state index contributed by atoms with van der Waals surface area (Å²) in [5.74, 6) is 0.0398. The van der Waals surface area contributed by atoms with E-state index in [2.05, 4.69) is 9.97 Å². The van der Waals surface area contributed by atoms with Gasteiger partial charge in [0.25, 0.3) is 0 Å². The maximum atomic E-state index is 11.6. The molecule has 0 saturated carbocycles. The predicted molar refractivity (Wildman–Crippen MR) is 98.9 cm³/mol. The van der Waals surface area contributed by atoms with Crippen LogP contribution in [0.2, 0.25) is 0 Å². The normalized spacial score (nSPS) is 14.3. The van der Waals surface area contributed by atoms with Gasteiger partial charge in [-0.25, -0.2) is 9.78 Å². The SMILES string of the molecule is COC(=O)c1ccc(-c2ccc3c(n2)Oc2cnccc2C3OC(C)=O)cc1. The number of carbonyl (C=O) groups is 2. The van der Waals surface area contributed by atoms with Crippen molar-refractivity contribution in [2.45, 2.75) is 13.0 Å². The molecular formula is C21H16N2O5. The molecule has 4 rings (SSSR count). The van der Waals surface area contributed by atoms with Crippen molar-refractivity contribution in [1.29, 1.82) is 0 Å². The molecule has 0 fully saturated rings. The maximum Gasteiger partial charge on any atom is 0.337 e. The van der Waals surface area contributed by atoms with Crippen molar-refractivity contribution in [3.63, 3.8) is 0 Å². The first-order valence-electron chi connectivity index (χ1n) is 8.55. The van der Waals surface area contributed by atoms with Gasteiger partial charge in [0.05, 0.1) is 30.1 Å². The van der Waals surface area contributed by atoms with Gasteiger partial charge < -0.3 is 14.2 Å². The Morgan fingerprint density at radius 3 is 2.54 bits per heavy atom. The smallest absolute Gasteiger partial charge is 0.337 e. The summed E-state index contributed by atoms with van der Waals surface area (Å²) in [5, 5.41) is 0. The molecule has 3 aromatic rings. The number of hydrogen-bond acceptors (Lipinski definition) is 7. The number of esters is 2. The predicted octanol–water partition coefficient (Wildman–Crippen LogP) is 3.69. The molecule has 1 atom stereocenters. The summed E-state index contributed by atoms with van der Waals surface area (Å²) in [5.41, 5.74) is 3.29. The van der Waals surface area contributed by atoms with Crippen LogP contribution < -0.4 is 4.74 Å². The molecule has 0 spiro atoms. The van der Waals surface area contributed by atoms with E-state index in [1.165, 1.54) is 14.0 Å². The zero-order valence-corrected chi connectivity index (χ0v) is 15.2. The Morgan fingerprint density at radius 1 is 1.04 bits per heavy atom. The quantitative estimate of drug-likeness (QED) is 0.644. The molecule has 0 bridgehead atoms. The number of ether oxygens (including phenoxy) is 3. The van der Waals surface area contributed by atoms with E-state index >= 15 is 0 Å². The lowest BCUT2D eigenvalue weighted by atomic mass is 9.99. The van der Waals surface area contributed by atoms with E-state index in [0.29, 0.717) is 28.5 Å². The molecule has 7 heteroatoms. The van der Waals surface area contributed by atoms with Gasteiger partial charge in [0.15, 0.2) is 11.9 Å². The molecule has 2 aromatic heterocycles. The molecule has 140 valence electrons. The zero-order valence-electron chi connectivity index (χ0n) is 15.2. The highest BCUT2D eigenvalue weighted by atomic mass is 16.6. The molecule has 1 aromatic carbocycles. The fraction of sp³-hybridized carbons (Fsp3) is 0.143. The van der Waals surface area contributed by atoms with Crippen molar-refractivity contribution in [2.24, 2.45) is 0 Å². The van der Waals surface area contributed by atoms with Crippen molar-refractivity contribution < 1.29 is 23.8 Å². The van der Waals surface area contributed by atoms with Crippen LogP contribution in [0.15, 0.2) is 54.9 Å². The lowest BCUT2D eigenvalue weighted by Crippen LogP contribution is -2.16. The summed E-state index contributed by atoms with van der Waals surface area (Å²) in [7, 11) is 1.34. The largest absolute Gasteiger partial charge is 0.465 e. The van der Waals surface area contributed by atoms with Gasteiger partial charge in [0, 0.05) is 24.2 Å². The van der Waals surface area contributed by atoms with Gasteiger partial charge in [0.1, 0.15) is 0 Å². The topological polar surface area (TPSA) is 87.6 Å². The molecule has 1 aliphatic heterocycles. The minimum atomic E-state index is -0.609. The minimum Gasteiger partial charge on any atom is -0.465 e. The standard InChI is InChI=1S/C21H16N2O5/c1-12(24)27-19-15-9-10-22-11-18(15)28-20-16(19)7-8-17(23-20)13-3-5-14(6-4-13)21(25)26-2/h3-11,19H,1-2H3. The van der Waals surface area contributed by atoms with E-state index < -0.39 is 18.0 Å². The highest BCUT2D eigenvalue weighted by molar-refractivity contribution is 5.89. The fourth-order valence-corrected chi connectivity index (χ4v) is 3.05. The maximum absolute atomic E-state index is 11.6. The number of nitrogens with zero attached hydrogens (tertiary/aromatic N) is 2. The summed E-state index contributed by atoms with van der Waals surface area (Å²) in [6.07, 6.45) is 2.57. The van der Waals surface area contributed by atoms with Crippen molar-refractivity contribution in [3.8, 4) is 22.9 Å². The van der Waals surface area contributed by atoms with Crippen LogP contribution in [0, 0.1) is 0 Å². The van der Waals surface area contributed by atoms with Gasteiger partial charge in [-0.05, 0) is 30.3 Å². The molecule has 0 amide bonds. The van der Waals surface area contributed by atoms with Crippen LogP contribution in [0.3, 0.4) is 0 Å². The number of benzene rings is 1. The van der Waals surface area contributed by atoms with Crippen LogP contribution in [-0.2, 0) is 14.3 Å². The van der Waals surface area contributed by atoms with Crippen LogP contribution in [-0.4, -0.2) is 29.0 Å². The summed E-state index contributed by atoms with van der Waals surface area (Å²) < 4.78 is 16.1. The van der Waals surface area contributed by atoms with E-state index in [1.807, 2.05) is 12.1 Å². The van der Waals surface area contributed by atoms with Crippen molar-refractivity contribution in [2.75, 3.05) is 7.11 Å². The Morgan fingerprint density at radius 2 is 1.82 bits per heavy atom. The van der Waals surface area contributed by atoms with Crippen molar-refractivity contribution >= 4 is 11.9 Å². The third-order valence-corrected chi connectivity index (χ3v) is 4.36. The molecule has 1 unspecified atom stereocenters. The first kappa shape index (κ1) is 17.7. The van der Waals surface area contributed by atoms with Crippen LogP contribution in [0.25, 0.3) is 11.3 Å². The molecular weight excluding hydrogens is 360 g/mol. The molecule has 7 nitrogen and oxygen atoms in total. The van der Waals surface area contributed by atoms with Crippen LogP contribution in [0.1, 0.15) is 34.5 Å². The second kappa shape index (κ2) is 7.11. The van der Waals surface area contributed by atoms with Gasteiger partial charge in [-0.15, -0.1) is 0 Å². The number of methoxy groups -OCH3 is 1. The number of aromatic nitrogens is 2. The van der Waals surface area contributed by atoms with Gasteiger partial charge in [-0.3, -0.25) is 9.78 Å². The highest BCUT2D eigenvalue weighted by Gasteiger charge is 2.31. The first-order chi connectivity index (χ1) is 13.6. The van der Waals surface area contributed by atoms with Crippen molar-refractivity contribution in [1.82, 2.24) is 9.97 Å². The number of hydrogen-bond donors (Lipinski definition) is 0. The third kappa shape index (κ3) is 3.18. The number of rotatable bonds is 3. The summed E-state index contributed by atoms with van der Waals surface area (Å²) in [6, 6.07) is 12.3. The third-order valence-electron chi connectivity index (χ3n) is 4.36. The molecule has 0 N–H and O–H groups in total. The van der Waals surface area contributed by atoms with E-state index in [-0.39, 0.29) is 0 Å². The van der Waals surface area contributed by atoms with Crippen LogP contribution in [0.5, 0.6) is 11.6 Å². The summed E-state index contributed by atoms with van der Waals surface area (Å²) in [6.45, 7) is 1.36. The lowest BCUT2D eigenvalue weighted by molar-refractivity contribution is -0.145. The van der Waals surface area contributed by atoms with E-state index in [0.717, 1.165) is 11.1 Å². The fourth-order valence-electron chi connectivity index (χ4n) is 3.05. The average molecular weight is 376 g/mol. The van der Waals surface area contributed by atoms with Crippen LogP contribution >= 0.6 is 0 Å². The Balaban J connectivity index is 1.72. The molecule has 0 aliphatic carbocycles. The second-order valence-electron chi connectivity index (χ2n) is 6.16. The number of carbonyl (C=O) groups excluding carboxylic acids is 2.